The lowest BCUT2D eigenvalue weighted by Gasteiger charge is -2.23. The van der Waals surface area contributed by atoms with Gasteiger partial charge in [-0.15, -0.1) is 0 Å². The lowest BCUT2D eigenvalue weighted by atomic mass is 9.93. The molecular formula is C19H20N2O4. The van der Waals surface area contributed by atoms with E-state index in [1.54, 1.807) is 12.1 Å². The molecule has 0 bridgehead atoms. The van der Waals surface area contributed by atoms with Gasteiger partial charge in [0.05, 0.1) is 12.1 Å². The predicted octanol–water partition coefficient (Wildman–Crippen LogP) is 1.92. The lowest BCUT2D eigenvalue weighted by Crippen LogP contribution is -2.35. The van der Waals surface area contributed by atoms with E-state index in [-0.39, 0.29) is 18.0 Å². The molecular weight excluding hydrogens is 320 g/mol. The molecule has 2 aromatic rings. The zero-order chi connectivity index (χ0) is 17.9. The fraction of sp³-hybridized carbons (Fsp3) is 0.263. The second-order valence-corrected chi connectivity index (χ2v) is 6.29. The number of aliphatic hydroxyl groups is 1. The van der Waals surface area contributed by atoms with Crippen molar-refractivity contribution < 1.29 is 19.8 Å². The number of carbonyl (C=O) groups excluding carboxylic acids is 1. The van der Waals surface area contributed by atoms with E-state index in [0.29, 0.717) is 25.2 Å². The van der Waals surface area contributed by atoms with E-state index in [2.05, 4.69) is 5.32 Å². The van der Waals surface area contributed by atoms with Crippen LogP contribution < -0.4 is 5.32 Å². The van der Waals surface area contributed by atoms with Crippen LogP contribution in [0, 0.1) is 0 Å². The van der Waals surface area contributed by atoms with E-state index in [4.69, 9.17) is 5.11 Å². The third-order valence-electron chi connectivity index (χ3n) is 4.40. The monoisotopic (exact) mass is 340 g/mol. The Morgan fingerprint density at radius 2 is 1.88 bits per heavy atom. The molecule has 1 saturated heterocycles. The summed E-state index contributed by atoms with van der Waals surface area (Å²) in [7, 11) is 0. The fourth-order valence-electron chi connectivity index (χ4n) is 3.12. The molecule has 1 heterocycles. The highest BCUT2D eigenvalue weighted by Gasteiger charge is 2.37. The summed E-state index contributed by atoms with van der Waals surface area (Å²) < 4.78 is 0. The molecule has 1 fully saturated rings. The highest BCUT2D eigenvalue weighted by molar-refractivity contribution is 5.94. The zero-order valence-electron chi connectivity index (χ0n) is 13.7. The molecule has 1 amide bonds. The molecule has 0 saturated carbocycles. The smallest absolute Gasteiger partial charge is 0.335 e. The van der Waals surface area contributed by atoms with Crippen molar-refractivity contribution in [2.24, 2.45) is 0 Å². The highest BCUT2D eigenvalue weighted by atomic mass is 16.4. The van der Waals surface area contributed by atoms with Crippen LogP contribution in [0.5, 0.6) is 0 Å². The maximum atomic E-state index is 12.2. The van der Waals surface area contributed by atoms with Crippen molar-refractivity contribution >= 4 is 17.6 Å². The summed E-state index contributed by atoms with van der Waals surface area (Å²) in [5.74, 6) is -1.27. The summed E-state index contributed by atoms with van der Waals surface area (Å²) in [5.41, 5.74) is 0.483. The number of β-amino-alcohol motifs (C(OH)–C–C–N with tert-alkyl or cyclic N) is 1. The van der Waals surface area contributed by atoms with Crippen molar-refractivity contribution in [1.82, 2.24) is 4.90 Å². The van der Waals surface area contributed by atoms with E-state index in [9.17, 15) is 14.7 Å². The van der Waals surface area contributed by atoms with Gasteiger partial charge in [-0.25, -0.2) is 4.79 Å². The lowest BCUT2D eigenvalue weighted by molar-refractivity contribution is -0.117. The van der Waals surface area contributed by atoms with Crippen LogP contribution in [0.25, 0.3) is 0 Å². The van der Waals surface area contributed by atoms with Crippen LogP contribution >= 0.6 is 0 Å². The molecule has 25 heavy (non-hydrogen) atoms. The molecule has 1 aliphatic rings. The van der Waals surface area contributed by atoms with E-state index in [0.717, 1.165) is 5.56 Å². The first-order valence-electron chi connectivity index (χ1n) is 8.10. The number of anilines is 1. The van der Waals surface area contributed by atoms with Crippen molar-refractivity contribution in [2.45, 2.75) is 12.0 Å². The van der Waals surface area contributed by atoms with Gasteiger partial charge in [-0.05, 0) is 30.2 Å². The molecule has 0 aliphatic carbocycles. The molecule has 0 radical (unpaired) electrons. The number of carboxylic acids is 1. The van der Waals surface area contributed by atoms with E-state index in [1.807, 2.05) is 35.2 Å². The Morgan fingerprint density at radius 3 is 2.60 bits per heavy atom. The van der Waals surface area contributed by atoms with Gasteiger partial charge in [0.15, 0.2) is 0 Å². The first-order valence-corrected chi connectivity index (χ1v) is 8.10. The molecule has 6 nitrogen and oxygen atoms in total. The summed E-state index contributed by atoms with van der Waals surface area (Å²) in [6, 6.07) is 15.6. The second kappa shape index (κ2) is 7.04. The number of benzene rings is 2. The Balaban J connectivity index is 1.59. The molecule has 130 valence electrons. The third-order valence-corrected chi connectivity index (χ3v) is 4.40. The number of aromatic carboxylic acids is 1. The van der Waals surface area contributed by atoms with Crippen LogP contribution in [0.3, 0.4) is 0 Å². The van der Waals surface area contributed by atoms with Crippen LogP contribution in [0.2, 0.25) is 0 Å². The van der Waals surface area contributed by atoms with Crippen molar-refractivity contribution in [3.8, 4) is 0 Å². The van der Waals surface area contributed by atoms with Gasteiger partial charge in [0.25, 0.3) is 0 Å². The maximum Gasteiger partial charge on any atom is 0.335 e. The van der Waals surface area contributed by atoms with Crippen LogP contribution in [0.4, 0.5) is 5.69 Å². The molecule has 2 aromatic carbocycles. The third kappa shape index (κ3) is 4.04. The molecule has 6 heteroatoms. The number of carbonyl (C=O) groups is 2. The first-order chi connectivity index (χ1) is 12.0. The van der Waals surface area contributed by atoms with Crippen molar-refractivity contribution in [2.75, 3.05) is 25.0 Å². The SMILES string of the molecule is O=C(CN1CC[C@](O)(c2ccccc2)C1)Nc1cccc(C(=O)O)c1. The number of carboxylic acid groups (broad SMARTS) is 1. The topological polar surface area (TPSA) is 89.9 Å². The summed E-state index contributed by atoms with van der Waals surface area (Å²) in [4.78, 5) is 25.1. The summed E-state index contributed by atoms with van der Waals surface area (Å²) in [6.07, 6.45) is 0.568. The fourth-order valence-corrected chi connectivity index (χ4v) is 3.12. The van der Waals surface area contributed by atoms with Gasteiger partial charge in [0, 0.05) is 18.8 Å². The molecule has 1 atom stereocenters. The summed E-state index contributed by atoms with van der Waals surface area (Å²) in [5, 5.41) is 22.5. The van der Waals surface area contributed by atoms with E-state index < -0.39 is 11.6 Å². The minimum atomic E-state index is -1.04. The van der Waals surface area contributed by atoms with Gasteiger partial charge in [-0.2, -0.15) is 0 Å². The zero-order valence-corrected chi connectivity index (χ0v) is 13.7. The number of likely N-dealkylation sites (tertiary alicyclic amines) is 1. The number of nitrogens with one attached hydrogen (secondary N) is 1. The van der Waals surface area contributed by atoms with Gasteiger partial charge in [-0.3, -0.25) is 9.69 Å². The Labute approximate surface area is 145 Å². The second-order valence-electron chi connectivity index (χ2n) is 6.29. The molecule has 3 rings (SSSR count). The molecule has 0 unspecified atom stereocenters. The first kappa shape index (κ1) is 17.1. The number of amides is 1. The molecule has 0 aromatic heterocycles. The molecule has 1 aliphatic heterocycles. The summed E-state index contributed by atoms with van der Waals surface area (Å²) >= 11 is 0. The Morgan fingerprint density at radius 1 is 1.12 bits per heavy atom. The van der Waals surface area contributed by atoms with Crippen molar-refractivity contribution in [1.29, 1.82) is 0 Å². The minimum absolute atomic E-state index is 0.123. The molecule has 0 spiro atoms. The van der Waals surface area contributed by atoms with Gasteiger partial charge in [0.2, 0.25) is 5.91 Å². The summed E-state index contributed by atoms with van der Waals surface area (Å²) in [6.45, 7) is 1.15. The van der Waals surface area contributed by atoms with Gasteiger partial charge in [0.1, 0.15) is 5.60 Å². The van der Waals surface area contributed by atoms with Crippen LogP contribution in [0.1, 0.15) is 22.3 Å². The average Bonchev–Trinajstić information content (AvgIpc) is 2.98. The normalized spacial score (nSPS) is 20.4. The van der Waals surface area contributed by atoms with Crippen molar-refractivity contribution in [3.05, 3.63) is 65.7 Å². The Hall–Kier alpha value is -2.70. The number of hydrogen-bond acceptors (Lipinski definition) is 4. The van der Waals surface area contributed by atoms with Crippen molar-refractivity contribution in [3.63, 3.8) is 0 Å². The minimum Gasteiger partial charge on any atom is -0.478 e. The quantitative estimate of drug-likeness (QED) is 0.774. The number of rotatable bonds is 5. The highest BCUT2D eigenvalue weighted by Crippen LogP contribution is 2.31. The molecule has 3 N–H and O–H groups in total. The van der Waals surface area contributed by atoms with Gasteiger partial charge >= 0.3 is 5.97 Å². The number of nitrogens with zero attached hydrogens (tertiary/aromatic N) is 1. The maximum absolute atomic E-state index is 12.2. The van der Waals surface area contributed by atoms with E-state index >= 15 is 0 Å². The van der Waals surface area contributed by atoms with Gasteiger partial charge in [-0.1, -0.05) is 36.4 Å². The van der Waals surface area contributed by atoms with Gasteiger partial charge < -0.3 is 15.5 Å². The van der Waals surface area contributed by atoms with Crippen LogP contribution in [0.15, 0.2) is 54.6 Å². The van der Waals surface area contributed by atoms with Crippen LogP contribution in [-0.4, -0.2) is 46.6 Å². The van der Waals surface area contributed by atoms with Crippen LogP contribution in [-0.2, 0) is 10.4 Å². The van der Waals surface area contributed by atoms with E-state index in [1.165, 1.54) is 12.1 Å². The Bertz CT molecular complexity index is 778. The standard InChI is InChI=1S/C19H20N2O4/c22-17(20-16-8-4-5-14(11-16)18(23)24)12-21-10-9-19(25,13-21)15-6-2-1-3-7-15/h1-8,11,25H,9-10,12-13H2,(H,20,22)(H,23,24)/t19-/m1/s1. The largest absolute Gasteiger partial charge is 0.478 e. The predicted molar refractivity (Wildman–Crippen MR) is 93.4 cm³/mol. The number of hydrogen-bond donors (Lipinski definition) is 3. The Kier molecular flexibility index (Phi) is 4.83. The average molecular weight is 340 g/mol.